The van der Waals surface area contributed by atoms with E-state index < -0.39 is 11.7 Å². The van der Waals surface area contributed by atoms with E-state index in [0.717, 1.165) is 24.0 Å². The summed E-state index contributed by atoms with van der Waals surface area (Å²) in [5.74, 6) is 1.01. The van der Waals surface area contributed by atoms with Crippen LogP contribution in [0.5, 0.6) is 11.5 Å². The van der Waals surface area contributed by atoms with Gasteiger partial charge in [-0.15, -0.1) is 0 Å². The number of carbonyl (C=O) groups is 1. The van der Waals surface area contributed by atoms with E-state index in [9.17, 15) is 18.0 Å². The van der Waals surface area contributed by atoms with Gasteiger partial charge in [0.2, 0.25) is 0 Å². The van der Waals surface area contributed by atoms with Gasteiger partial charge in [0, 0.05) is 11.8 Å². The van der Waals surface area contributed by atoms with E-state index in [-0.39, 0.29) is 11.5 Å². The van der Waals surface area contributed by atoms with Crippen LogP contribution in [0.3, 0.4) is 0 Å². The molecule has 0 amide bonds. The molecule has 0 saturated carbocycles. The maximum atomic E-state index is 12.5. The number of thioether (sulfide) groups is 1. The van der Waals surface area contributed by atoms with Gasteiger partial charge in [0.25, 0.3) is 0 Å². The predicted octanol–water partition coefficient (Wildman–Crippen LogP) is 3.85. The fourth-order valence-corrected chi connectivity index (χ4v) is 2.81. The number of alkyl halides is 3. The van der Waals surface area contributed by atoms with Crippen LogP contribution in [-0.2, 0) is 6.18 Å². The van der Waals surface area contributed by atoms with E-state index >= 15 is 0 Å². The molecule has 2 heterocycles. The summed E-state index contributed by atoms with van der Waals surface area (Å²) in [6.07, 6.45) is -3.66. The number of hydrogen-bond acceptors (Lipinski definition) is 5. The van der Waals surface area contributed by atoms with Crippen molar-refractivity contribution in [1.29, 1.82) is 0 Å². The highest BCUT2D eigenvalue weighted by molar-refractivity contribution is 7.99. The minimum Gasteiger partial charge on any atom is -0.486 e. The Hall–Kier alpha value is -2.22. The van der Waals surface area contributed by atoms with E-state index in [1.165, 1.54) is 6.07 Å². The molecule has 1 aliphatic heterocycles. The first-order valence-corrected chi connectivity index (χ1v) is 8.01. The number of ether oxygens (including phenoxy) is 2. The number of hydrogen-bond donors (Lipinski definition) is 0. The zero-order chi connectivity index (χ0) is 17.2. The molecule has 0 unspecified atom stereocenters. The number of aromatic nitrogens is 1. The van der Waals surface area contributed by atoms with Gasteiger partial charge in [-0.3, -0.25) is 4.79 Å². The Balaban J connectivity index is 1.63. The molecule has 0 fully saturated rings. The van der Waals surface area contributed by atoms with Crippen LogP contribution < -0.4 is 9.47 Å². The third-order valence-corrected chi connectivity index (χ3v) is 4.22. The SMILES string of the molecule is O=C(CSc1ccc(C(F)(F)F)cn1)c1ccc2c(c1)OCCO2. The Kier molecular flexibility index (Phi) is 4.66. The van der Waals surface area contributed by atoms with Crippen molar-refractivity contribution in [3.05, 3.63) is 47.7 Å². The average molecular weight is 355 g/mol. The minimum absolute atomic E-state index is 0.0675. The van der Waals surface area contributed by atoms with Crippen LogP contribution in [-0.4, -0.2) is 29.7 Å². The molecule has 1 aliphatic rings. The number of ketones is 1. The molecule has 8 heteroatoms. The van der Waals surface area contributed by atoms with Crippen LogP contribution in [0.2, 0.25) is 0 Å². The van der Waals surface area contributed by atoms with Crippen LogP contribution in [0.15, 0.2) is 41.6 Å². The largest absolute Gasteiger partial charge is 0.486 e. The molecule has 0 saturated heterocycles. The first-order chi connectivity index (χ1) is 11.4. The van der Waals surface area contributed by atoms with Crippen molar-refractivity contribution in [2.24, 2.45) is 0 Å². The van der Waals surface area contributed by atoms with Gasteiger partial charge >= 0.3 is 6.18 Å². The molecule has 24 heavy (non-hydrogen) atoms. The van der Waals surface area contributed by atoms with Gasteiger partial charge in [0.15, 0.2) is 17.3 Å². The topological polar surface area (TPSA) is 48.4 Å². The Labute approximate surface area is 140 Å². The van der Waals surface area contributed by atoms with Crippen molar-refractivity contribution >= 4 is 17.5 Å². The summed E-state index contributed by atoms with van der Waals surface area (Å²) in [5.41, 5.74) is -0.358. The van der Waals surface area contributed by atoms with E-state index in [1.54, 1.807) is 18.2 Å². The quantitative estimate of drug-likeness (QED) is 0.616. The van der Waals surface area contributed by atoms with Gasteiger partial charge in [-0.25, -0.2) is 4.98 Å². The number of Topliss-reactive ketones (excluding diaryl/α,β-unsaturated/α-hetero) is 1. The average Bonchev–Trinajstić information content (AvgIpc) is 2.59. The predicted molar refractivity (Wildman–Crippen MR) is 81.7 cm³/mol. The van der Waals surface area contributed by atoms with E-state index in [4.69, 9.17) is 9.47 Å². The van der Waals surface area contributed by atoms with Gasteiger partial charge in [0.05, 0.1) is 16.3 Å². The lowest BCUT2D eigenvalue weighted by atomic mass is 10.1. The van der Waals surface area contributed by atoms with Crippen LogP contribution in [0.25, 0.3) is 0 Å². The standard InChI is InChI=1S/C16H12F3NO3S/c17-16(18,19)11-2-4-15(20-8-11)24-9-12(21)10-1-3-13-14(7-10)23-6-5-22-13/h1-4,7-8H,5-6,9H2. The molecule has 1 aromatic heterocycles. The van der Waals surface area contributed by atoms with Crippen molar-refractivity contribution in [3.8, 4) is 11.5 Å². The van der Waals surface area contributed by atoms with E-state index in [0.29, 0.717) is 35.3 Å². The summed E-state index contributed by atoms with van der Waals surface area (Å²) < 4.78 is 48.2. The highest BCUT2D eigenvalue weighted by Gasteiger charge is 2.30. The summed E-state index contributed by atoms with van der Waals surface area (Å²) in [5, 5.41) is 0.355. The second-order valence-electron chi connectivity index (χ2n) is 4.95. The third-order valence-electron chi connectivity index (χ3n) is 3.28. The molecule has 0 aliphatic carbocycles. The fourth-order valence-electron chi connectivity index (χ4n) is 2.07. The van der Waals surface area contributed by atoms with Crippen molar-refractivity contribution in [2.45, 2.75) is 11.2 Å². The summed E-state index contributed by atoms with van der Waals surface area (Å²) in [4.78, 5) is 15.9. The molecule has 0 atom stereocenters. The molecule has 2 aromatic rings. The lowest BCUT2D eigenvalue weighted by Crippen LogP contribution is -2.16. The van der Waals surface area contributed by atoms with E-state index in [2.05, 4.69) is 4.98 Å². The summed E-state index contributed by atoms with van der Waals surface area (Å²) in [6.45, 7) is 0.893. The summed E-state index contributed by atoms with van der Waals surface area (Å²) in [7, 11) is 0. The number of benzene rings is 1. The minimum atomic E-state index is -4.42. The van der Waals surface area contributed by atoms with Gasteiger partial charge in [0.1, 0.15) is 13.2 Å². The van der Waals surface area contributed by atoms with Crippen LogP contribution >= 0.6 is 11.8 Å². The maximum absolute atomic E-state index is 12.5. The number of carbonyl (C=O) groups excluding carboxylic acids is 1. The third kappa shape index (κ3) is 3.81. The van der Waals surface area contributed by atoms with Gasteiger partial charge in [-0.2, -0.15) is 13.2 Å². The first kappa shape index (κ1) is 16.6. The smallest absolute Gasteiger partial charge is 0.417 e. The number of nitrogens with zero attached hydrogens (tertiary/aromatic N) is 1. The molecular weight excluding hydrogens is 343 g/mol. The molecule has 0 radical (unpaired) electrons. The Morgan fingerprint density at radius 2 is 1.88 bits per heavy atom. The molecule has 3 rings (SSSR count). The molecule has 4 nitrogen and oxygen atoms in total. The number of halogens is 3. The lowest BCUT2D eigenvalue weighted by Gasteiger charge is -2.18. The second kappa shape index (κ2) is 6.72. The Bertz CT molecular complexity index is 747. The highest BCUT2D eigenvalue weighted by Crippen LogP contribution is 2.32. The Morgan fingerprint density at radius 1 is 1.12 bits per heavy atom. The number of rotatable bonds is 4. The van der Waals surface area contributed by atoms with Gasteiger partial charge in [-0.05, 0) is 30.3 Å². The van der Waals surface area contributed by atoms with E-state index in [1.807, 2.05) is 0 Å². The van der Waals surface area contributed by atoms with Crippen molar-refractivity contribution in [1.82, 2.24) is 4.98 Å². The Morgan fingerprint density at radius 3 is 2.54 bits per heavy atom. The van der Waals surface area contributed by atoms with Gasteiger partial charge in [-0.1, -0.05) is 11.8 Å². The van der Waals surface area contributed by atoms with Crippen LogP contribution in [0, 0.1) is 0 Å². The maximum Gasteiger partial charge on any atom is 0.417 e. The molecule has 126 valence electrons. The molecule has 0 N–H and O–H groups in total. The molecular formula is C16H12F3NO3S. The van der Waals surface area contributed by atoms with Crippen LogP contribution in [0.4, 0.5) is 13.2 Å². The van der Waals surface area contributed by atoms with Crippen molar-refractivity contribution < 1.29 is 27.4 Å². The second-order valence-corrected chi connectivity index (χ2v) is 5.95. The summed E-state index contributed by atoms with van der Waals surface area (Å²) in [6, 6.07) is 7.12. The summed E-state index contributed by atoms with van der Waals surface area (Å²) >= 11 is 1.08. The molecule has 0 bridgehead atoms. The zero-order valence-electron chi connectivity index (χ0n) is 12.3. The molecule has 1 aromatic carbocycles. The lowest BCUT2D eigenvalue weighted by molar-refractivity contribution is -0.137. The number of fused-ring (bicyclic) bond motifs is 1. The first-order valence-electron chi connectivity index (χ1n) is 7.02. The van der Waals surface area contributed by atoms with Crippen molar-refractivity contribution in [2.75, 3.05) is 19.0 Å². The van der Waals surface area contributed by atoms with Crippen LogP contribution in [0.1, 0.15) is 15.9 Å². The monoisotopic (exact) mass is 355 g/mol. The molecule has 0 spiro atoms. The zero-order valence-corrected chi connectivity index (χ0v) is 13.1. The number of pyridine rings is 1. The normalized spacial score (nSPS) is 13.6. The van der Waals surface area contributed by atoms with Crippen molar-refractivity contribution in [3.63, 3.8) is 0 Å². The highest BCUT2D eigenvalue weighted by atomic mass is 32.2. The fraction of sp³-hybridized carbons (Fsp3) is 0.250. The van der Waals surface area contributed by atoms with Gasteiger partial charge < -0.3 is 9.47 Å².